The van der Waals surface area contributed by atoms with Crippen LogP contribution in [0.2, 0.25) is 0 Å². The van der Waals surface area contributed by atoms with Crippen LogP contribution in [0.3, 0.4) is 0 Å². The first kappa shape index (κ1) is 14.7. The van der Waals surface area contributed by atoms with Crippen LogP contribution in [-0.4, -0.2) is 5.11 Å². The minimum Gasteiger partial charge on any atom is -0.388 e. The summed E-state index contributed by atoms with van der Waals surface area (Å²) in [5.41, 5.74) is 2.63. The van der Waals surface area contributed by atoms with Gasteiger partial charge in [-0.3, -0.25) is 0 Å². The van der Waals surface area contributed by atoms with Crippen LogP contribution in [0, 0.1) is 12.7 Å². The van der Waals surface area contributed by atoms with E-state index in [0.717, 1.165) is 21.2 Å². The number of aliphatic hydroxyl groups is 1. The second-order valence-corrected chi connectivity index (χ2v) is 6.14. The predicted octanol–water partition coefficient (Wildman–Crippen LogP) is 4.94. The van der Waals surface area contributed by atoms with E-state index in [2.05, 4.69) is 31.9 Å². The summed E-state index contributed by atoms with van der Waals surface area (Å²) in [5.74, 6) is -0.308. The van der Waals surface area contributed by atoms with Gasteiger partial charge in [-0.05, 0) is 57.7 Å². The molecular weight excluding hydrogens is 375 g/mol. The summed E-state index contributed by atoms with van der Waals surface area (Å²) in [7, 11) is 0. The highest BCUT2D eigenvalue weighted by Gasteiger charge is 2.14. The maximum absolute atomic E-state index is 13.4. The molecule has 1 unspecified atom stereocenters. The fourth-order valence-electron chi connectivity index (χ4n) is 2.04. The molecule has 0 saturated carbocycles. The Hall–Kier alpha value is -0.710. The van der Waals surface area contributed by atoms with Crippen molar-refractivity contribution in [3.05, 3.63) is 67.9 Å². The molecule has 0 aliphatic carbocycles. The lowest BCUT2D eigenvalue weighted by molar-refractivity contribution is 0.177. The van der Waals surface area contributed by atoms with Crippen molar-refractivity contribution < 1.29 is 9.50 Å². The van der Waals surface area contributed by atoms with E-state index in [1.165, 1.54) is 6.07 Å². The predicted molar refractivity (Wildman–Crippen MR) is 81.6 cm³/mol. The van der Waals surface area contributed by atoms with Gasteiger partial charge in [0.1, 0.15) is 5.82 Å². The van der Waals surface area contributed by atoms with Crippen LogP contribution >= 0.6 is 31.9 Å². The Balaban J connectivity index is 2.25. The largest absolute Gasteiger partial charge is 0.388 e. The quantitative estimate of drug-likeness (QED) is 0.791. The zero-order valence-corrected chi connectivity index (χ0v) is 13.5. The van der Waals surface area contributed by atoms with Crippen molar-refractivity contribution in [2.45, 2.75) is 19.4 Å². The molecule has 100 valence electrons. The van der Waals surface area contributed by atoms with Crippen molar-refractivity contribution in [2.24, 2.45) is 0 Å². The molecule has 1 N–H and O–H groups in total. The summed E-state index contributed by atoms with van der Waals surface area (Å²) >= 11 is 6.61. The number of benzene rings is 2. The topological polar surface area (TPSA) is 20.2 Å². The molecule has 4 heteroatoms. The van der Waals surface area contributed by atoms with Crippen molar-refractivity contribution in [2.75, 3.05) is 0 Å². The lowest BCUT2D eigenvalue weighted by Crippen LogP contribution is -2.05. The molecule has 0 radical (unpaired) electrons. The molecule has 0 fully saturated rings. The standard InChI is InChI=1S/C15H13Br2FO/c1-9-7-11(16)5-6-12(9)14(19)8-10-3-2-4-13(18)15(10)17/h2-7,14,19H,8H2,1H3. The SMILES string of the molecule is Cc1cc(Br)ccc1C(O)Cc1cccc(F)c1Br. The van der Waals surface area contributed by atoms with Gasteiger partial charge >= 0.3 is 0 Å². The third-order valence-electron chi connectivity index (χ3n) is 3.04. The number of halogens is 3. The average molecular weight is 388 g/mol. The van der Waals surface area contributed by atoms with E-state index in [1.807, 2.05) is 31.2 Å². The van der Waals surface area contributed by atoms with Crippen molar-refractivity contribution in [1.82, 2.24) is 0 Å². The van der Waals surface area contributed by atoms with Crippen LogP contribution in [0.1, 0.15) is 22.8 Å². The molecule has 1 atom stereocenters. The molecule has 0 aromatic heterocycles. The minimum absolute atomic E-state index is 0.308. The maximum Gasteiger partial charge on any atom is 0.137 e. The van der Waals surface area contributed by atoms with Crippen LogP contribution in [-0.2, 0) is 6.42 Å². The van der Waals surface area contributed by atoms with E-state index >= 15 is 0 Å². The first-order valence-corrected chi connectivity index (χ1v) is 7.44. The average Bonchev–Trinajstić information content (AvgIpc) is 2.34. The maximum atomic E-state index is 13.4. The van der Waals surface area contributed by atoms with Crippen LogP contribution in [0.4, 0.5) is 4.39 Å². The first-order valence-electron chi connectivity index (χ1n) is 5.86. The lowest BCUT2D eigenvalue weighted by Gasteiger charge is -2.15. The summed E-state index contributed by atoms with van der Waals surface area (Å²) in [6.07, 6.45) is -0.271. The van der Waals surface area contributed by atoms with Gasteiger partial charge in [-0.1, -0.05) is 34.1 Å². The second-order valence-electron chi connectivity index (χ2n) is 4.43. The summed E-state index contributed by atoms with van der Waals surface area (Å²) in [4.78, 5) is 0. The number of rotatable bonds is 3. The monoisotopic (exact) mass is 386 g/mol. The smallest absolute Gasteiger partial charge is 0.137 e. The van der Waals surface area contributed by atoms with E-state index in [0.29, 0.717) is 10.9 Å². The summed E-state index contributed by atoms with van der Waals surface area (Å²) in [6.45, 7) is 1.95. The van der Waals surface area contributed by atoms with Gasteiger partial charge in [0.05, 0.1) is 10.6 Å². The minimum atomic E-state index is -0.647. The molecule has 0 heterocycles. The zero-order valence-electron chi connectivity index (χ0n) is 10.3. The van der Waals surface area contributed by atoms with E-state index < -0.39 is 6.10 Å². The summed E-state index contributed by atoms with van der Waals surface area (Å²) < 4.78 is 14.8. The Morgan fingerprint density at radius 2 is 1.95 bits per heavy atom. The second kappa shape index (κ2) is 6.16. The summed E-state index contributed by atoms with van der Waals surface area (Å²) in [6, 6.07) is 10.6. The highest BCUT2D eigenvalue weighted by Crippen LogP contribution is 2.28. The number of aryl methyl sites for hydroxylation is 1. The Labute approximate surface area is 128 Å². The number of aliphatic hydroxyl groups excluding tert-OH is 1. The normalized spacial score (nSPS) is 12.5. The highest BCUT2D eigenvalue weighted by molar-refractivity contribution is 9.10. The molecule has 0 aliphatic rings. The van der Waals surface area contributed by atoms with Gasteiger partial charge in [0.2, 0.25) is 0 Å². The number of hydrogen-bond acceptors (Lipinski definition) is 1. The molecule has 1 nitrogen and oxygen atoms in total. The third kappa shape index (κ3) is 3.44. The Morgan fingerprint density at radius 1 is 1.21 bits per heavy atom. The van der Waals surface area contributed by atoms with Crippen molar-refractivity contribution in [3.8, 4) is 0 Å². The molecule has 0 aliphatic heterocycles. The molecule has 0 bridgehead atoms. The Bertz CT molecular complexity index is 599. The van der Waals surface area contributed by atoms with E-state index in [4.69, 9.17) is 0 Å². The van der Waals surface area contributed by atoms with Crippen LogP contribution < -0.4 is 0 Å². The van der Waals surface area contributed by atoms with Gasteiger partial charge in [-0.2, -0.15) is 0 Å². The number of hydrogen-bond donors (Lipinski definition) is 1. The first-order chi connectivity index (χ1) is 8.99. The Morgan fingerprint density at radius 3 is 2.63 bits per heavy atom. The fourth-order valence-corrected chi connectivity index (χ4v) is 2.94. The molecule has 2 aromatic carbocycles. The van der Waals surface area contributed by atoms with E-state index in [-0.39, 0.29) is 5.82 Å². The van der Waals surface area contributed by atoms with Crippen molar-refractivity contribution in [3.63, 3.8) is 0 Å². The molecule has 19 heavy (non-hydrogen) atoms. The van der Waals surface area contributed by atoms with Crippen molar-refractivity contribution >= 4 is 31.9 Å². The van der Waals surface area contributed by atoms with Crippen LogP contribution in [0.5, 0.6) is 0 Å². The van der Waals surface area contributed by atoms with Crippen LogP contribution in [0.15, 0.2) is 45.3 Å². The molecule has 0 amide bonds. The van der Waals surface area contributed by atoms with Crippen molar-refractivity contribution in [1.29, 1.82) is 0 Å². The van der Waals surface area contributed by atoms with Gasteiger partial charge in [-0.25, -0.2) is 4.39 Å². The Kier molecular flexibility index (Phi) is 4.76. The molecule has 0 spiro atoms. The molecule has 0 saturated heterocycles. The van der Waals surface area contributed by atoms with Gasteiger partial charge in [-0.15, -0.1) is 0 Å². The summed E-state index contributed by atoms with van der Waals surface area (Å²) in [5, 5.41) is 10.3. The molecule has 2 rings (SSSR count). The van der Waals surface area contributed by atoms with Gasteiger partial charge in [0, 0.05) is 10.9 Å². The van der Waals surface area contributed by atoms with Gasteiger partial charge in [0.15, 0.2) is 0 Å². The molecular formula is C15H13Br2FO. The van der Waals surface area contributed by atoms with E-state index in [9.17, 15) is 9.50 Å². The van der Waals surface area contributed by atoms with Crippen LogP contribution in [0.25, 0.3) is 0 Å². The van der Waals surface area contributed by atoms with E-state index in [1.54, 1.807) is 6.07 Å². The highest BCUT2D eigenvalue weighted by atomic mass is 79.9. The molecule has 2 aromatic rings. The fraction of sp³-hybridized carbons (Fsp3) is 0.200. The van der Waals surface area contributed by atoms with Gasteiger partial charge in [0.25, 0.3) is 0 Å². The zero-order chi connectivity index (χ0) is 14.0. The lowest BCUT2D eigenvalue weighted by atomic mass is 9.98. The third-order valence-corrected chi connectivity index (χ3v) is 4.42. The van der Waals surface area contributed by atoms with Gasteiger partial charge < -0.3 is 5.11 Å².